The van der Waals surface area contributed by atoms with Gasteiger partial charge in [0.25, 0.3) is 0 Å². The Morgan fingerprint density at radius 3 is 2.40 bits per heavy atom. The van der Waals surface area contributed by atoms with Gasteiger partial charge in [0.1, 0.15) is 6.10 Å². The number of allylic oxidation sites excluding steroid dienone is 3. The fraction of sp³-hybridized carbons (Fsp3) is 0.0769. The summed E-state index contributed by atoms with van der Waals surface area (Å²) < 4.78 is 0. The van der Waals surface area contributed by atoms with Gasteiger partial charge in [-0.2, -0.15) is 0 Å². The van der Waals surface area contributed by atoms with E-state index in [0.29, 0.717) is 5.57 Å². The van der Waals surface area contributed by atoms with Crippen LogP contribution in [0.2, 0.25) is 0 Å². The van der Waals surface area contributed by atoms with Crippen LogP contribution in [-0.4, -0.2) is 10.2 Å². The smallest absolute Gasteiger partial charge is 0.104 e. The average molecular weight is 200 g/mol. The molecule has 0 bridgehead atoms. The van der Waals surface area contributed by atoms with Crippen LogP contribution in [0.25, 0.3) is 0 Å². The zero-order valence-electron chi connectivity index (χ0n) is 8.17. The Kier molecular flexibility index (Phi) is 2.70. The molecule has 1 aromatic carbocycles. The van der Waals surface area contributed by atoms with Gasteiger partial charge in [0, 0.05) is 5.57 Å². The van der Waals surface area contributed by atoms with E-state index in [-0.39, 0.29) is 0 Å². The van der Waals surface area contributed by atoms with Crippen molar-refractivity contribution in [3.8, 4) is 0 Å². The highest BCUT2D eigenvalue weighted by Crippen LogP contribution is 2.27. The van der Waals surface area contributed by atoms with Gasteiger partial charge in [-0.25, -0.2) is 0 Å². The van der Waals surface area contributed by atoms with Crippen molar-refractivity contribution in [1.29, 1.82) is 0 Å². The van der Waals surface area contributed by atoms with E-state index in [9.17, 15) is 5.11 Å². The fourth-order valence-electron chi connectivity index (χ4n) is 1.56. The van der Waals surface area contributed by atoms with Gasteiger partial charge >= 0.3 is 0 Å². The monoisotopic (exact) mass is 200 g/mol. The number of hydrogen-bond donors (Lipinski definition) is 2. The maximum absolute atomic E-state index is 10.0. The average Bonchev–Trinajstić information content (AvgIpc) is 2.78. The number of rotatable bonds is 2. The molecule has 2 rings (SSSR count). The molecule has 2 heteroatoms. The summed E-state index contributed by atoms with van der Waals surface area (Å²) in [6.45, 7) is 0. The van der Waals surface area contributed by atoms with E-state index in [4.69, 9.17) is 5.11 Å². The normalized spacial score (nSPS) is 19.3. The molecule has 0 aliphatic heterocycles. The Balaban J connectivity index is 2.24. The molecule has 2 N–H and O–H groups in total. The Morgan fingerprint density at radius 2 is 1.80 bits per heavy atom. The molecule has 2 nitrogen and oxygen atoms in total. The summed E-state index contributed by atoms with van der Waals surface area (Å²) in [5.41, 5.74) is 2.36. The van der Waals surface area contributed by atoms with Crippen LogP contribution in [0.4, 0.5) is 0 Å². The molecule has 0 saturated heterocycles. The lowest BCUT2D eigenvalue weighted by atomic mass is 10.0. The highest BCUT2D eigenvalue weighted by Gasteiger charge is 2.13. The van der Waals surface area contributed by atoms with Crippen molar-refractivity contribution in [2.24, 2.45) is 0 Å². The highest BCUT2D eigenvalue weighted by molar-refractivity contribution is 5.48. The molecule has 1 unspecified atom stereocenters. The van der Waals surface area contributed by atoms with Crippen LogP contribution >= 0.6 is 0 Å². The van der Waals surface area contributed by atoms with Crippen LogP contribution < -0.4 is 0 Å². The van der Waals surface area contributed by atoms with Crippen LogP contribution in [0.3, 0.4) is 0 Å². The third-order valence-corrected chi connectivity index (χ3v) is 2.38. The van der Waals surface area contributed by atoms with Gasteiger partial charge in [0.15, 0.2) is 0 Å². The number of aliphatic hydroxyl groups excluding tert-OH is 2. The second kappa shape index (κ2) is 4.15. The first-order valence-corrected chi connectivity index (χ1v) is 4.78. The molecule has 0 fully saturated rings. The maximum Gasteiger partial charge on any atom is 0.104 e. The zero-order valence-corrected chi connectivity index (χ0v) is 8.17. The number of benzene rings is 1. The second-order valence-electron chi connectivity index (χ2n) is 3.42. The van der Waals surface area contributed by atoms with Crippen molar-refractivity contribution in [2.75, 3.05) is 0 Å². The van der Waals surface area contributed by atoms with Crippen molar-refractivity contribution >= 4 is 0 Å². The van der Waals surface area contributed by atoms with E-state index >= 15 is 0 Å². The first kappa shape index (κ1) is 9.74. The SMILES string of the molecule is O/C=C1/C=CC(C(O)c2ccccc2)=C1. The molecule has 76 valence electrons. The predicted octanol–water partition coefficient (Wildman–Crippen LogP) is 2.66. The molecule has 1 aliphatic carbocycles. The van der Waals surface area contributed by atoms with Gasteiger partial charge < -0.3 is 10.2 Å². The molecule has 1 atom stereocenters. The van der Waals surface area contributed by atoms with Crippen LogP contribution in [-0.2, 0) is 0 Å². The molecule has 0 heterocycles. The first-order valence-electron chi connectivity index (χ1n) is 4.78. The third kappa shape index (κ3) is 2.00. The minimum atomic E-state index is -0.625. The lowest BCUT2D eigenvalue weighted by Crippen LogP contribution is -1.97. The molecule has 0 spiro atoms. The summed E-state index contributed by atoms with van der Waals surface area (Å²) in [5, 5.41) is 18.8. The van der Waals surface area contributed by atoms with E-state index in [1.807, 2.05) is 30.3 Å². The molecule has 1 aromatic rings. The van der Waals surface area contributed by atoms with Crippen LogP contribution in [0.1, 0.15) is 11.7 Å². The second-order valence-corrected chi connectivity index (χ2v) is 3.42. The molecule has 1 aliphatic rings. The molecule has 0 saturated carbocycles. The van der Waals surface area contributed by atoms with Crippen LogP contribution in [0, 0.1) is 0 Å². The maximum atomic E-state index is 10.0. The fourth-order valence-corrected chi connectivity index (χ4v) is 1.56. The summed E-state index contributed by atoms with van der Waals surface area (Å²) in [4.78, 5) is 0. The van der Waals surface area contributed by atoms with E-state index in [1.165, 1.54) is 0 Å². The standard InChI is InChI=1S/C13H12O2/c14-9-10-6-7-12(8-10)13(15)11-4-2-1-3-5-11/h1-9,13-15H/b10-9-. The van der Waals surface area contributed by atoms with Gasteiger partial charge in [-0.3, -0.25) is 0 Å². The third-order valence-electron chi connectivity index (χ3n) is 2.38. The van der Waals surface area contributed by atoms with E-state index in [1.54, 1.807) is 18.2 Å². The van der Waals surface area contributed by atoms with E-state index in [2.05, 4.69) is 0 Å². The summed E-state index contributed by atoms with van der Waals surface area (Å²) in [5.74, 6) is 0. The molecular formula is C13H12O2. The lowest BCUT2D eigenvalue weighted by molar-refractivity contribution is 0.220. The number of hydrogen-bond acceptors (Lipinski definition) is 2. The predicted molar refractivity (Wildman–Crippen MR) is 59.3 cm³/mol. The topological polar surface area (TPSA) is 40.5 Å². The molecule has 15 heavy (non-hydrogen) atoms. The van der Waals surface area contributed by atoms with Gasteiger partial charge in [-0.15, -0.1) is 0 Å². The van der Waals surface area contributed by atoms with Crippen LogP contribution in [0.15, 0.2) is 66.0 Å². The Morgan fingerprint density at radius 1 is 1.07 bits per heavy atom. The van der Waals surface area contributed by atoms with Gasteiger partial charge in [-0.05, 0) is 17.2 Å². The largest absolute Gasteiger partial charge is 0.515 e. The van der Waals surface area contributed by atoms with Gasteiger partial charge in [-0.1, -0.05) is 42.5 Å². The van der Waals surface area contributed by atoms with Gasteiger partial charge in [0.2, 0.25) is 0 Å². The van der Waals surface area contributed by atoms with Crippen molar-refractivity contribution in [2.45, 2.75) is 6.10 Å². The summed E-state index contributed by atoms with van der Waals surface area (Å²) in [7, 11) is 0. The first-order chi connectivity index (χ1) is 7.31. The summed E-state index contributed by atoms with van der Waals surface area (Å²) in [6, 6.07) is 9.44. The van der Waals surface area contributed by atoms with Crippen molar-refractivity contribution in [3.05, 3.63) is 71.5 Å². The van der Waals surface area contributed by atoms with Crippen molar-refractivity contribution < 1.29 is 10.2 Å². The molecular weight excluding hydrogens is 188 g/mol. The number of aliphatic hydroxyl groups is 2. The van der Waals surface area contributed by atoms with E-state index < -0.39 is 6.10 Å². The zero-order chi connectivity index (χ0) is 10.7. The molecule has 0 amide bonds. The Hall–Kier alpha value is -1.80. The van der Waals surface area contributed by atoms with Crippen LogP contribution in [0.5, 0.6) is 0 Å². The van der Waals surface area contributed by atoms with Gasteiger partial charge in [0.05, 0.1) is 6.26 Å². The van der Waals surface area contributed by atoms with E-state index in [0.717, 1.165) is 17.4 Å². The summed E-state index contributed by atoms with van der Waals surface area (Å²) >= 11 is 0. The quantitative estimate of drug-likeness (QED) is 0.720. The minimum absolute atomic E-state index is 0.625. The highest BCUT2D eigenvalue weighted by atomic mass is 16.3. The Bertz CT molecular complexity index is 427. The van der Waals surface area contributed by atoms with Crippen molar-refractivity contribution in [3.63, 3.8) is 0 Å². The van der Waals surface area contributed by atoms with Crippen molar-refractivity contribution in [1.82, 2.24) is 0 Å². The Labute approximate surface area is 88.5 Å². The lowest BCUT2D eigenvalue weighted by Gasteiger charge is -2.10. The molecule has 0 aromatic heterocycles. The minimum Gasteiger partial charge on any atom is -0.515 e. The molecule has 0 radical (unpaired) electrons. The summed E-state index contributed by atoms with van der Waals surface area (Å²) in [6.07, 6.45) is 5.74.